The molecule has 0 aliphatic carbocycles. The van der Waals surface area contributed by atoms with E-state index in [9.17, 15) is 23.1 Å². The predicted molar refractivity (Wildman–Crippen MR) is 112 cm³/mol. The van der Waals surface area contributed by atoms with Crippen molar-refractivity contribution in [1.29, 1.82) is 0 Å². The summed E-state index contributed by atoms with van der Waals surface area (Å²) in [6.07, 6.45) is -0.496. The Labute approximate surface area is 179 Å². The number of hydrogen-bond acceptors (Lipinski definition) is 6. The number of rotatable bonds is 10. The summed E-state index contributed by atoms with van der Waals surface area (Å²) in [4.78, 5) is 23.2. The van der Waals surface area contributed by atoms with Crippen molar-refractivity contribution in [1.82, 2.24) is 10.1 Å². The van der Waals surface area contributed by atoms with Crippen molar-refractivity contribution in [3.63, 3.8) is 0 Å². The minimum atomic E-state index is -4.28. The number of anilines is 1. The lowest BCUT2D eigenvalue weighted by Gasteiger charge is -2.17. The fourth-order valence-electron chi connectivity index (χ4n) is 2.49. The Morgan fingerprint density at radius 1 is 1.20 bits per heavy atom. The molecule has 0 aliphatic rings. The van der Waals surface area contributed by atoms with E-state index < -0.39 is 27.9 Å². The third-order valence-electron chi connectivity index (χ3n) is 4.11. The van der Waals surface area contributed by atoms with Gasteiger partial charge in [-0.1, -0.05) is 29.8 Å². The van der Waals surface area contributed by atoms with E-state index in [2.05, 4.69) is 15.6 Å². The molecule has 0 saturated heterocycles. The number of carboxylic acid groups (broad SMARTS) is 1. The molecular formula is C19H22ClN3O6S. The van der Waals surface area contributed by atoms with E-state index in [1.165, 1.54) is 19.2 Å². The molecule has 0 bridgehead atoms. The van der Waals surface area contributed by atoms with Crippen LogP contribution in [-0.2, 0) is 19.6 Å². The number of carbonyl (C=O) groups excluding carboxylic acids is 1. The average molecular weight is 456 g/mol. The minimum absolute atomic E-state index is 0.0262. The van der Waals surface area contributed by atoms with Gasteiger partial charge in [-0.2, -0.15) is 4.72 Å². The molecular weight excluding hydrogens is 434 g/mol. The quantitative estimate of drug-likeness (QED) is 0.404. The molecule has 0 spiro atoms. The average Bonchev–Trinajstić information content (AvgIpc) is 2.71. The second-order valence-corrected chi connectivity index (χ2v) is 8.43. The topological polar surface area (TPSA) is 134 Å². The van der Waals surface area contributed by atoms with E-state index in [1.807, 2.05) is 6.07 Å². The van der Waals surface area contributed by atoms with Gasteiger partial charge >= 0.3 is 5.97 Å². The SMILES string of the molecule is COc1cc(C)c(Cl)cc1S(=O)(=O)N[C@@H](CCC(=O)NNc1ccccc1)C(=O)O. The number of amides is 1. The number of carboxylic acids is 1. The van der Waals surface area contributed by atoms with Crippen molar-refractivity contribution in [3.05, 3.63) is 53.1 Å². The van der Waals surface area contributed by atoms with E-state index in [-0.39, 0.29) is 28.5 Å². The first kappa shape index (κ1) is 23.5. The van der Waals surface area contributed by atoms with Gasteiger partial charge in [-0.3, -0.25) is 20.4 Å². The molecule has 162 valence electrons. The zero-order valence-electron chi connectivity index (χ0n) is 16.3. The Balaban J connectivity index is 2.05. The second kappa shape index (κ2) is 10.3. The number of methoxy groups -OCH3 is 1. The first-order chi connectivity index (χ1) is 14.1. The van der Waals surface area contributed by atoms with Crippen LogP contribution in [0.4, 0.5) is 5.69 Å². The van der Waals surface area contributed by atoms with E-state index >= 15 is 0 Å². The van der Waals surface area contributed by atoms with Gasteiger partial charge in [-0.15, -0.1) is 0 Å². The number of aliphatic carboxylic acids is 1. The normalized spacial score (nSPS) is 12.1. The molecule has 2 aromatic carbocycles. The highest BCUT2D eigenvalue weighted by Crippen LogP contribution is 2.30. The Morgan fingerprint density at radius 3 is 2.47 bits per heavy atom. The molecule has 0 unspecified atom stereocenters. The van der Waals surface area contributed by atoms with Gasteiger partial charge in [0.05, 0.1) is 12.8 Å². The van der Waals surface area contributed by atoms with E-state index in [1.54, 1.807) is 31.2 Å². The lowest BCUT2D eigenvalue weighted by Crippen LogP contribution is -2.42. The van der Waals surface area contributed by atoms with Gasteiger partial charge in [0.25, 0.3) is 0 Å². The smallest absolute Gasteiger partial charge is 0.321 e. The summed E-state index contributed by atoms with van der Waals surface area (Å²) >= 11 is 6.01. The van der Waals surface area contributed by atoms with Gasteiger partial charge in [0.1, 0.15) is 16.7 Å². The number of hydrazine groups is 1. The van der Waals surface area contributed by atoms with Gasteiger partial charge in [0.2, 0.25) is 15.9 Å². The monoisotopic (exact) mass is 455 g/mol. The highest BCUT2D eigenvalue weighted by atomic mass is 35.5. The number of carbonyl (C=O) groups is 2. The number of nitrogens with one attached hydrogen (secondary N) is 3. The number of halogens is 1. The number of para-hydroxylation sites is 1. The summed E-state index contributed by atoms with van der Waals surface area (Å²) in [6.45, 7) is 1.68. The first-order valence-electron chi connectivity index (χ1n) is 8.83. The van der Waals surface area contributed by atoms with Gasteiger partial charge in [0.15, 0.2) is 0 Å². The van der Waals surface area contributed by atoms with Crippen LogP contribution in [-0.4, -0.2) is 38.6 Å². The molecule has 2 rings (SSSR count). The Hall–Kier alpha value is -2.82. The number of sulfonamides is 1. The summed E-state index contributed by atoms with van der Waals surface area (Å²) in [5.41, 5.74) is 6.35. The van der Waals surface area contributed by atoms with Crippen molar-refractivity contribution in [2.75, 3.05) is 12.5 Å². The fraction of sp³-hybridized carbons (Fsp3) is 0.263. The van der Waals surface area contributed by atoms with Crippen LogP contribution in [0.1, 0.15) is 18.4 Å². The molecule has 0 radical (unpaired) electrons. The van der Waals surface area contributed by atoms with Crippen LogP contribution in [0.25, 0.3) is 0 Å². The van der Waals surface area contributed by atoms with Crippen LogP contribution < -0.4 is 20.3 Å². The Kier molecular flexibility index (Phi) is 8.04. The predicted octanol–water partition coefficient (Wildman–Crippen LogP) is 2.31. The summed E-state index contributed by atoms with van der Waals surface area (Å²) in [5, 5.41) is 9.59. The van der Waals surface area contributed by atoms with Crippen LogP contribution >= 0.6 is 11.6 Å². The van der Waals surface area contributed by atoms with Gasteiger partial charge in [-0.25, -0.2) is 8.42 Å². The van der Waals surface area contributed by atoms with E-state index in [0.717, 1.165) is 0 Å². The molecule has 4 N–H and O–H groups in total. The van der Waals surface area contributed by atoms with E-state index in [4.69, 9.17) is 16.3 Å². The molecule has 9 nitrogen and oxygen atoms in total. The number of ether oxygens (including phenoxy) is 1. The highest BCUT2D eigenvalue weighted by Gasteiger charge is 2.28. The summed E-state index contributed by atoms with van der Waals surface area (Å²) < 4.78 is 32.6. The van der Waals surface area contributed by atoms with Crippen molar-refractivity contribution in [3.8, 4) is 5.75 Å². The number of aryl methyl sites for hydroxylation is 1. The Bertz CT molecular complexity index is 1010. The third-order valence-corrected chi connectivity index (χ3v) is 6.01. The molecule has 30 heavy (non-hydrogen) atoms. The molecule has 0 aromatic heterocycles. The third kappa shape index (κ3) is 6.34. The largest absolute Gasteiger partial charge is 0.495 e. The van der Waals surface area contributed by atoms with Crippen molar-refractivity contribution < 1.29 is 27.9 Å². The second-order valence-electron chi connectivity index (χ2n) is 6.34. The molecule has 11 heteroatoms. The van der Waals surface area contributed by atoms with Crippen molar-refractivity contribution in [2.45, 2.75) is 30.7 Å². The van der Waals surface area contributed by atoms with Crippen LogP contribution in [0.5, 0.6) is 5.75 Å². The fourth-order valence-corrected chi connectivity index (χ4v) is 4.12. The zero-order chi connectivity index (χ0) is 22.3. The molecule has 0 aliphatic heterocycles. The zero-order valence-corrected chi connectivity index (χ0v) is 17.9. The van der Waals surface area contributed by atoms with Crippen LogP contribution in [0, 0.1) is 6.92 Å². The van der Waals surface area contributed by atoms with Crippen molar-refractivity contribution in [2.24, 2.45) is 0 Å². The lowest BCUT2D eigenvalue weighted by molar-refractivity contribution is -0.139. The lowest BCUT2D eigenvalue weighted by atomic mass is 10.1. The molecule has 0 fully saturated rings. The van der Waals surface area contributed by atoms with Crippen molar-refractivity contribution >= 4 is 39.2 Å². The first-order valence-corrected chi connectivity index (χ1v) is 10.7. The minimum Gasteiger partial charge on any atom is -0.495 e. The van der Waals surface area contributed by atoms with E-state index in [0.29, 0.717) is 11.3 Å². The summed E-state index contributed by atoms with van der Waals surface area (Å²) in [6, 6.07) is 9.92. The van der Waals surface area contributed by atoms with Crippen LogP contribution in [0.15, 0.2) is 47.4 Å². The molecule has 1 amide bonds. The standard InChI is InChI=1S/C19H22ClN3O6S/c1-12-10-16(29-2)17(11-14(12)20)30(27,28)23-15(19(25)26)8-9-18(24)22-21-13-6-4-3-5-7-13/h3-7,10-11,15,21,23H,8-9H2,1-2H3,(H,22,24)(H,25,26)/t15-/m0/s1. The molecule has 1 atom stereocenters. The van der Waals surface area contributed by atoms with Crippen LogP contribution in [0.2, 0.25) is 5.02 Å². The summed E-state index contributed by atoms with van der Waals surface area (Å²) in [5.74, 6) is -1.89. The summed E-state index contributed by atoms with van der Waals surface area (Å²) in [7, 11) is -2.99. The van der Waals surface area contributed by atoms with Gasteiger partial charge in [-0.05, 0) is 43.2 Å². The number of benzene rings is 2. The number of hydrogen-bond donors (Lipinski definition) is 4. The maximum absolute atomic E-state index is 12.7. The molecule has 0 saturated carbocycles. The van der Waals surface area contributed by atoms with Gasteiger partial charge < -0.3 is 9.84 Å². The molecule has 2 aromatic rings. The van der Waals surface area contributed by atoms with Crippen LogP contribution in [0.3, 0.4) is 0 Å². The Morgan fingerprint density at radius 2 is 1.87 bits per heavy atom. The molecule has 0 heterocycles. The maximum atomic E-state index is 12.7. The maximum Gasteiger partial charge on any atom is 0.321 e. The van der Waals surface area contributed by atoms with Gasteiger partial charge in [0, 0.05) is 11.4 Å². The highest BCUT2D eigenvalue weighted by molar-refractivity contribution is 7.89.